The molecule has 0 bridgehead atoms. The first-order chi connectivity index (χ1) is 10.5. The highest BCUT2D eigenvalue weighted by atomic mass is 19.1. The molecule has 0 saturated heterocycles. The minimum Gasteiger partial charge on any atom is -0.389 e. The molecule has 6 nitrogen and oxygen atoms in total. The van der Waals surface area contributed by atoms with Gasteiger partial charge in [-0.2, -0.15) is 0 Å². The lowest BCUT2D eigenvalue weighted by Crippen LogP contribution is -2.44. The topological polar surface area (TPSA) is 95.6 Å². The normalized spacial score (nSPS) is 19.8. The summed E-state index contributed by atoms with van der Waals surface area (Å²) in [6.45, 7) is 1.16. The number of aromatic nitrogens is 1. The first-order valence-electron chi connectivity index (χ1n) is 7.31. The molecule has 1 aliphatic rings. The summed E-state index contributed by atoms with van der Waals surface area (Å²) in [5, 5.41) is 15.6. The summed E-state index contributed by atoms with van der Waals surface area (Å²) in [5.74, 6) is -0.382. The molecule has 0 aliphatic carbocycles. The van der Waals surface area contributed by atoms with Crippen LogP contribution in [0.2, 0.25) is 0 Å². The Balaban J connectivity index is 2.20. The maximum absolute atomic E-state index is 13.3. The number of aliphatic hydroxyl groups is 1. The number of rotatable bonds is 7. The van der Waals surface area contributed by atoms with Crippen molar-refractivity contribution in [2.75, 3.05) is 12.0 Å². The molecule has 0 radical (unpaired) electrons. The van der Waals surface area contributed by atoms with Crippen molar-refractivity contribution in [3.05, 3.63) is 23.8 Å². The van der Waals surface area contributed by atoms with Crippen molar-refractivity contribution in [3.8, 4) is 0 Å². The molecule has 0 saturated carbocycles. The number of hydrogen-bond donors (Lipinski definition) is 4. The summed E-state index contributed by atoms with van der Waals surface area (Å²) < 4.78 is 26.1. The van der Waals surface area contributed by atoms with Gasteiger partial charge in [0.05, 0.1) is 18.0 Å². The lowest BCUT2D eigenvalue weighted by atomic mass is 10.0. The Morgan fingerprint density at radius 2 is 2.32 bits per heavy atom. The smallest absolute Gasteiger partial charge is 0.195 e. The van der Waals surface area contributed by atoms with E-state index in [1.807, 2.05) is 6.92 Å². The van der Waals surface area contributed by atoms with Gasteiger partial charge in [-0.15, -0.1) is 0 Å². The molecule has 122 valence electrons. The largest absolute Gasteiger partial charge is 0.389 e. The maximum atomic E-state index is 13.3. The van der Waals surface area contributed by atoms with E-state index in [9.17, 15) is 13.9 Å². The molecule has 0 fully saturated rings. The van der Waals surface area contributed by atoms with Gasteiger partial charge in [-0.05, 0) is 6.42 Å². The van der Waals surface area contributed by atoms with E-state index >= 15 is 0 Å². The van der Waals surface area contributed by atoms with E-state index in [0.717, 1.165) is 19.0 Å². The second kappa shape index (κ2) is 7.46. The van der Waals surface area contributed by atoms with Gasteiger partial charge in [0.2, 0.25) is 0 Å². The van der Waals surface area contributed by atoms with Crippen LogP contribution in [-0.4, -0.2) is 34.9 Å². The monoisotopic (exact) mass is 313 g/mol. The van der Waals surface area contributed by atoms with Crippen LogP contribution in [0.3, 0.4) is 0 Å². The molecule has 8 heteroatoms. The van der Waals surface area contributed by atoms with Gasteiger partial charge in [0.25, 0.3) is 0 Å². The molecule has 0 amide bonds. The molecule has 0 spiro atoms. The highest BCUT2D eigenvalue weighted by molar-refractivity contribution is 5.94. The van der Waals surface area contributed by atoms with E-state index in [1.54, 1.807) is 0 Å². The number of unbranched alkanes of at least 4 members (excludes halogenated alkanes) is 1. The van der Waals surface area contributed by atoms with E-state index in [0.29, 0.717) is 17.8 Å². The van der Waals surface area contributed by atoms with E-state index in [-0.39, 0.29) is 5.96 Å². The zero-order valence-corrected chi connectivity index (χ0v) is 12.4. The van der Waals surface area contributed by atoms with Crippen LogP contribution in [0.1, 0.15) is 38.0 Å². The van der Waals surface area contributed by atoms with Crippen LogP contribution >= 0.6 is 0 Å². The molecule has 1 aliphatic heterocycles. The van der Waals surface area contributed by atoms with Gasteiger partial charge in [-0.25, -0.2) is 13.8 Å². The Morgan fingerprint density at radius 1 is 1.55 bits per heavy atom. The average Bonchev–Trinajstić information content (AvgIpc) is 2.49. The summed E-state index contributed by atoms with van der Waals surface area (Å²) in [6, 6.07) is 0.787. The summed E-state index contributed by atoms with van der Waals surface area (Å²) >= 11 is 0. The van der Waals surface area contributed by atoms with Crippen molar-refractivity contribution in [1.29, 1.82) is 0 Å². The molecule has 2 heterocycles. The first-order valence-corrected chi connectivity index (χ1v) is 7.31. The van der Waals surface area contributed by atoms with Crippen molar-refractivity contribution in [2.45, 2.75) is 44.5 Å². The van der Waals surface area contributed by atoms with Crippen molar-refractivity contribution in [2.24, 2.45) is 10.7 Å². The predicted octanol–water partition coefficient (Wildman–Crippen LogP) is 1.44. The Bertz CT molecular complexity index is 540. The van der Waals surface area contributed by atoms with Crippen LogP contribution in [0.4, 0.5) is 14.5 Å². The third kappa shape index (κ3) is 3.89. The number of fused-ring (bicyclic) bond motifs is 1. The van der Waals surface area contributed by atoms with Gasteiger partial charge in [0, 0.05) is 12.1 Å². The van der Waals surface area contributed by atoms with Crippen LogP contribution in [-0.2, 0) is 0 Å². The van der Waals surface area contributed by atoms with Crippen LogP contribution in [0.25, 0.3) is 0 Å². The van der Waals surface area contributed by atoms with E-state index in [1.165, 1.54) is 6.07 Å². The van der Waals surface area contributed by atoms with Crippen molar-refractivity contribution in [1.82, 2.24) is 10.3 Å². The Kier molecular flexibility index (Phi) is 5.62. The van der Waals surface area contributed by atoms with Crippen molar-refractivity contribution in [3.63, 3.8) is 0 Å². The Morgan fingerprint density at radius 3 is 3.00 bits per heavy atom. The molecule has 1 aromatic rings. The molecule has 3 atom stereocenters. The number of aliphatic imine (C=N–C) groups is 1. The average molecular weight is 313 g/mol. The molecule has 2 unspecified atom stereocenters. The lowest BCUT2D eigenvalue weighted by Gasteiger charge is -2.29. The lowest BCUT2D eigenvalue weighted by molar-refractivity contribution is 0.0884. The Hall–Kier alpha value is -1.80. The van der Waals surface area contributed by atoms with Crippen molar-refractivity contribution < 1.29 is 13.9 Å². The van der Waals surface area contributed by atoms with E-state index in [2.05, 4.69) is 20.6 Å². The van der Waals surface area contributed by atoms with Crippen LogP contribution in [0.5, 0.6) is 0 Å². The second-order valence-corrected chi connectivity index (χ2v) is 5.27. The standard InChI is InChI=1S/C14H21F2N5O/c1-2-3-4-9(11(22)6-15)19-13-12-10(20-14(17)21-13)5-8(16)7-18-12/h5,7,9,11,13,19,22H,2-4,6H2,1H3,(H3,17,20,21)/t9-,11?,13?/m1/s1. The number of anilines is 1. The fourth-order valence-electron chi connectivity index (χ4n) is 2.38. The molecule has 5 N–H and O–H groups in total. The molecule has 2 rings (SSSR count). The zero-order chi connectivity index (χ0) is 16.1. The van der Waals surface area contributed by atoms with Gasteiger partial charge in [0.1, 0.15) is 24.4 Å². The highest BCUT2D eigenvalue weighted by Gasteiger charge is 2.27. The van der Waals surface area contributed by atoms with Crippen LogP contribution < -0.4 is 16.4 Å². The molecular formula is C14H21F2N5O. The van der Waals surface area contributed by atoms with Gasteiger partial charge >= 0.3 is 0 Å². The maximum Gasteiger partial charge on any atom is 0.195 e. The summed E-state index contributed by atoms with van der Waals surface area (Å²) in [5.41, 5.74) is 6.56. The fourth-order valence-corrected chi connectivity index (χ4v) is 2.38. The fraction of sp³-hybridized carbons (Fsp3) is 0.571. The summed E-state index contributed by atoms with van der Waals surface area (Å²) in [7, 11) is 0. The minimum atomic E-state index is -1.14. The number of alkyl halides is 1. The third-order valence-electron chi connectivity index (χ3n) is 3.54. The molecular weight excluding hydrogens is 292 g/mol. The third-order valence-corrected chi connectivity index (χ3v) is 3.54. The van der Waals surface area contributed by atoms with Crippen LogP contribution in [0, 0.1) is 5.82 Å². The highest BCUT2D eigenvalue weighted by Crippen LogP contribution is 2.27. The first kappa shape index (κ1) is 16.6. The predicted molar refractivity (Wildman–Crippen MR) is 80.6 cm³/mol. The van der Waals surface area contributed by atoms with Crippen molar-refractivity contribution >= 4 is 11.6 Å². The van der Waals surface area contributed by atoms with Gasteiger partial charge in [-0.1, -0.05) is 19.8 Å². The SMILES string of the molecule is CCCC[C@@H](NC1N=C(N)Nc2cc(F)cnc21)C(O)CF. The molecule has 22 heavy (non-hydrogen) atoms. The number of nitrogens with one attached hydrogen (secondary N) is 2. The number of nitrogens with two attached hydrogens (primary N) is 1. The van der Waals surface area contributed by atoms with Gasteiger partial charge in [-0.3, -0.25) is 10.3 Å². The van der Waals surface area contributed by atoms with Crippen LogP contribution in [0.15, 0.2) is 17.3 Å². The minimum absolute atomic E-state index is 0.112. The number of guanidine groups is 1. The van der Waals surface area contributed by atoms with E-state index < -0.39 is 30.8 Å². The summed E-state index contributed by atoms with van der Waals surface area (Å²) in [6.07, 6.45) is 1.65. The summed E-state index contributed by atoms with van der Waals surface area (Å²) in [4.78, 5) is 8.19. The molecule has 1 aromatic heterocycles. The van der Waals surface area contributed by atoms with Gasteiger partial charge < -0.3 is 16.2 Å². The number of hydrogen-bond acceptors (Lipinski definition) is 6. The van der Waals surface area contributed by atoms with Gasteiger partial charge in [0.15, 0.2) is 5.96 Å². The number of halogens is 2. The Labute approximate surface area is 127 Å². The number of aliphatic hydroxyl groups excluding tert-OH is 1. The zero-order valence-electron chi connectivity index (χ0n) is 12.4. The quantitative estimate of drug-likeness (QED) is 0.611. The second-order valence-electron chi connectivity index (χ2n) is 5.27. The number of pyridine rings is 1. The number of nitrogens with zero attached hydrogens (tertiary/aromatic N) is 2. The molecule has 0 aromatic carbocycles. The van der Waals surface area contributed by atoms with E-state index in [4.69, 9.17) is 5.73 Å².